The average Bonchev–Trinajstić information content (AvgIpc) is 3.05. The van der Waals surface area contributed by atoms with Crippen LogP contribution in [0.3, 0.4) is 0 Å². The number of hydrogen-bond donors (Lipinski definition) is 2. The van der Waals surface area contributed by atoms with Gasteiger partial charge in [-0.3, -0.25) is 9.59 Å². The topological polar surface area (TPSA) is 81.4 Å². The first-order chi connectivity index (χ1) is 13.2. The maximum atomic E-state index is 12.7. The number of ether oxygens (including phenoxy) is 1. The van der Waals surface area contributed by atoms with E-state index in [2.05, 4.69) is 5.32 Å². The fourth-order valence-corrected chi connectivity index (χ4v) is 4.28. The highest BCUT2D eigenvalue weighted by Crippen LogP contribution is 2.45. The molecule has 2 aromatic rings. The molecule has 2 aromatic carbocycles. The molecule has 3 rings (SSSR count). The standard InChI is InChI=1S/C23H28N2O3/c1-13-16(9-10-18(25-4)21(13)24)20(23(2,3)22(27)28-5)15-7-6-14-8-11-19(26)17(14)12-15/h6-7,9-10,12,20,25H,8,11,24H2,1-5H3. The van der Waals surface area contributed by atoms with Gasteiger partial charge in [-0.2, -0.15) is 0 Å². The Morgan fingerprint density at radius 1 is 1.21 bits per heavy atom. The van der Waals surface area contributed by atoms with Crippen molar-refractivity contribution in [3.63, 3.8) is 0 Å². The maximum absolute atomic E-state index is 12.7. The Morgan fingerprint density at radius 3 is 2.57 bits per heavy atom. The normalized spacial score (nSPS) is 14.5. The van der Waals surface area contributed by atoms with Gasteiger partial charge in [0.1, 0.15) is 0 Å². The summed E-state index contributed by atoms with van der Waals surface area (Å²) in [4.78, 5) is 25.0. The van der Waals surface area contributed by atoms with Crippen molar-refractivity contribution in [1.29, 1.82) is 0 Å². The molecule has 0 heterocycles. The first-order valence-electron chi connectivity index (χ1n) is 9.53. The number of aryl methyl sites for hydroxylation is 1. The summed E-state index contributed by atoms with van der Waals surface area (Å²) in [5.74, 6) is -0.444. The number of carbonyl (C=O) groups is 2. The third-order valence-corrected chi connectivity index (χ3v) is 5.96. The first kappa shape index (κ1) is 19.9. The van der Waals surface area contributed by atoms with Gasteiger partial charge in [0.15, 0.2) is 5.78 Å². The molecule has 0 saturated carbocycles. The van der Waals surface area contributed by atoms with Gasteiger partial charge in [-0.15, -0.1) is 0 Å². The number of carbonyl (C=O) groups excluding carboxylic acids is 2. The monoisotopic (exact) mass is 380 g/mol. The van der Waals surface area contributed by atoms with Crippen LogP contribution in [0.1, 0.15) is 58.8 Å². The van der Waals surface area contributed by atoms with Crippen molar-refractivity contribution >= 4 is 23.1 Å². The van der Waals surface area contributed by atoms with Crippen molar-refractivity contribution in [2.75, 3.05) is 25.2 Å². The van der Waals surface area contributed by atoms with Gasteiger partial charge in [-0.1, -0.05) is 18.2 Å². The SMILES string of the molecule is CNc1ccc(C(c2ccc3c(c2)C(=O)CC3)C(C)(C)C(=O)OC)c(C)c1N. The van der Waals surface area contributed by atoms with Crippen molar-refractivity contribution in [3.8, 4) is 0 Å². The number of ketones is 1. The smallest absolute Gasteiger partial charge is 0.312 e. The molecule has 3 N–H and O–H groups in total. The lowest BCUT2D eigenvalue weighted by Gasteiger charge is -2.34. The van der Waals surface area contributed by atoms with Crippen molar-refractivity contribution in [2.24, 2.45) is 5.41 Å². The van der Waals surface area contributed by atoms with Crippen LogP contribution >= 0.6 is 0 Å². The Bertz CT molecular complexity index is 947. The molecule has 0 aromatic heterocycles. The number of Topliss-reactive ketones (excluding diaryl/α,β-unsaturated/α-hetero) is 1. The number of benzene rings is 2. The Morgan fingerprint density at radius 2 is 1.93 bits per heavy atom. The highest BCUT2D eigenvalue weighted by molar-refractivity contribution is 6.00. The van der Waals surface area contributed by atoms with E-state index >= 15 is 0 Å². The van der Waals surface area contributed by atoms with Crippen LogP contribution in [0.2, 0.25) is 0 Å². The highest BCUT2D eigenvalue weighted by atomic mass is 16.5. The van der Waals surface area contributed by atoms with Crippen molar-refractivity contribution in [2.45, 2.75) is 39.5 Å². The molecule has 1 aliphatic carbocycles. The van der Waals surface area contributed by atoms with E-state index in [0.29, 0.717) is 12.1 Å². The van der Waals surface area contributed by atoms with Gasteiger partial charge in [0.05, 0.1) is 23.9 Å². The van der Waals surface area contributed by atoms with Crippen LogP contribution < -0.4 is 11.1 Å². The second-order valence-corrected chi connectivity index (χ2v) is 7.98. The summed E-state index contributed by atoms with van der Waals surface area (Å²) in [5.41, 5.74) is 11.6. The van der Waals surface area contributed by atoms with Gasteiger partial charge < -0.3 is 15.8 Å². The Kier molecular flexibility index (Phi) is 5.20. The number of anilines is 2. The van der Waals surface area contributed by atoms with Gasteiger partial charge in [0, 0.05) is 24.9 Å². The van der Waals surface area contributed by atoms with E-state index in [4.69, 9.17) is 10.5 Å². The molecule has 0 spiro atoms. The van der Waals surface area contributed by atoms with E-state index < -0.39 is 5.41 Å². The number of methoxy groups -OCH3 is 1. The number of fused-ring (bicyclic) bond motifs is 1. The summed E-state index contributed by atoms with van der Waals surface area (Å²) in [6.07, 6.45) is 1.33. The van der Waals surface area contributed by atoms with Crippen LogP contribution in [-0.2, 0) is 16.0 Å². The van der Waals surface area contributed by atoms with E-state index in [-0.39, 0.29) is 17.7 Å². The number of nitrogen functional groups attached to an aromatic ring is 1. The number of esters is 1. The molecule has 5 heteroatoms. The minimum absolute atomic E-state index is 0.160. The van der Waals surface area contributed by atoms with E-state index in [9.17, 15) is 9.59 Å². The summed E-state index contributed by atoms with van der Waals surface area (Å²) in [6.45, 7) is 5.71. The number of nitrogens with one attached hydrogen (secondary N) is 1. The van der Waals surface area contributed by atoms with Gasteiger partial charge in [-0.05, 0) is 61.6 Å². The molecule has 0 bridgehead atoms. The number of hydrogen-bond acceptors (Lipinski definition) is 5. The van der Waals surface area contributed by atoms with E-state index in [1.165, 1.54) is 7.11 Å². The summed E-state index contributed by atoms with van der Waals surface area (Å²) in [5, 5.41) is 3.09. The maximum Gasteiger partial charge on any atom is 0.312 e. The zero-order valence-corrected chi connectivity index (χ0v) is 17.2. The van der Waals surface area contributed by atoms with E-state index in [1.54, 1.807) is 0 Å². The van der Waals surface area contributed by atoms with Crippen molar-refractivity contribution in [1.82, 2.24) is 0 Å². The fraction of sp³-hybridized carbons (Fsp3) is 0.391. The first-order valence-corrected chi connectivity index (χ1v) is 9.53. The molecular weight excluding hydrogens is 352 g/mol. The lowest BCUT2D eigenvalue weighted by Crippen LogP contribution is -2.34. The van der Waals surface area contributed by atoms with Crippen LogP contribution in [-0.4, -0.2) is 25.9 Å². The second-order valence-electron chi connectivity index (χ2n) is 7.98. The van der Waals surface area contributed by atoms with Gasteiger partial charge in [0.25, 0.3) is 0 Å². The predicted octanol–water partition coefficient (Wildman–Crippen LogP) is 4.08. The van der Waals surface area contributed by atoms with E-state index in [0.717, 1.165) is 39.9 Å². The predicted molar refractivity (Wildman–Crippen MR) is 112 cm³/mol. The summed E-state index contributed by atoms with van der Waals surface area (Å²) in [6, 6.07) is 9.91. The van der Waals surface area contributed by atoms with Crippen molar-refractivity contribution in [3.05, 3.63) is 58.1 Å². The molecule has 1 aliphatic rings. The molecule has 0 aliphatic heterocycles. The lowest BCUT2D eigenvalue weighted by molar-refractivity contribution is -0.151. The number of rotatable bonds is 5. The molecule has 5 nitrogen and oxygen atoms in total. The Hall–Kier alpha value is -2.82. The molecule has 148 valence electrons. The molecule has 0 fully saturated rings. The van der Waals surface area contributed by atoms with Gasteiger partial charge >= 0.3 is 5.97 Å². The molecule has 28 heavy (non-hydrogen) atoms. The molecule has 1 unspecified atom stereocenters. The molecular formula is C23H28N2O3. The van der Waals surface area contributed by atoms with Gasteiger partial charge in [0.2, 0.25) is 0 Å². The lowest BCUT2D eigenvalue weighted by atomic mass is 9.69. The molecule has 0 amide bonds. The quantitative estimate of drug-likeness (QED) is 0.603. The average molecular weight is 380 g/mol. The highest BCUT2D eigenvalue weighted by Gasteiger charge is 2.41. The van der Waals surface area contributed by atoms with Crippen LogP contribution in [0.5, 0.6) is 0 Å². The summed E-state index contributed by atoms with van der Waals surface area (Å²) in [7, 11) is 3.23. The third-order valence-electron chi connectivity index (χ3n) is 5.96. The minimum atomic E-state index is -0.844. The van der Waals surface area contributed by atoms with Crippen LogP contribution in [0.4, 0.5) is 11.4 Å². The minimum Gasteiger partial charge on any atom is -0.469 e. The fourth-order valence-electron chi connectivity index (χ4n) is 4.28. The second kappa shape index (κ2) is 7.30. The molecule has 0 radical (unpaired) electrons. The largest absolute Gasteiger partial charge is 0.469 e. The zero-order valence-electron chi connectivity index (χ0n) is 17.2. The van der Waals surface area contributed by atoms with Gasteiger partial charge in [-0.25, -0.2) is 0 Å². The number of nitrogens with two attached hydrogens (primary N) is 1. The van der Waals surface area contributed by atoms with Crippen molar-refractivity contribution < 1.29 is 14.3 Å². The molecule has 1 atom stereocenters. The van der Waals surface area contributed by atoms with Crippen LogP contribution in [0.25, 0.3) is 0 Å². The van der Waals surface area contributed by atoms with E-state index in [1.807, 2.05) is 58.2 Å². The third kappa shape index (κ3) is 3.15. The van der Waals surface area contributed by atoms with Crippen LogP contribution in [0.15, 0.2) is 30.3 Å². The Labute approximate surface area is 166 Å². The molecule has 0 saturated heterocycles. The summed E-state index contributed by atoms with van der Waals surface area (Å²) < 4.78 is 5.12. The summed E-state index contributed by atoms with van der Waals surface area (Å²) >= 11 is 0. The Balaban J connectivity index is 2.23. The zero-order chi connectivity index (χ0) is 20.6. The van der Waals surface area contributed by atoms with Crippen LogP contribution in [0, 0.1) is 12.3 Å².